The van der Waals surface area contributed by atoms with Gasteiger partial charge in [0.15, 0.2) is 0 Å². The van der Waals surface area contributed by atoms with E-state index in [-0.39, 0.29) is 36.3 Å². The molecule has 128 valence electrons. The molecule has 0 aliphatic heterocycles. The maximum atomic E-state index is 13.8. The van der Waals surface area contributed by atoms with Crippen LogP contribution in [0.25, 0.3) is 11.0 Å². The number of nitrogens with one attached hydrogen (secondary N) is 1. The third-order valence-electron chi connectivity index (χ3n) is 3.66. The number of aromatic amines is 1. The number of carbonyl (C=O) groups is 1. The SMILES string of the molecule is O=C(CCc1nc2ccccc2[nH]c1=O)OCc1cccc(Br)c1F. The van der Waals surface area contributed by atoms with Gasteiger partial charge in [0.2, 0.25) is 0 Å². The molecule has 0 aliphatic rings. The number of hydrogen-bond acceptors (Lipinski definition) is 4. The molecule has 1 aromatic heterocycles. The van der Waals surface area contributed by atoms with Crippen LogP contribution in [0, 0.1) is 5.82 Å². The third kappa shape index (κ3) is 4.11. The third-order valence-corrected chi connectivity index (χ3v) is 4.27. The van der Waals surface area contributed by atoms with Gasteiger partial charge in [0.05, 0.1) is 21.9 Å². The summed E-state index contributed by atoms with van der Waals surface area (Å²) in [6.45, 7) is -0.161. The molecule has 0 saturated carbocycles. The van der Waals surface area contributed by atoms with Crippen LogP contribution in [0.15, 0.2) is 51.7 Å². The number of para-hydroxylation sites is 2. The fourth-order valence-electron chi connectivity index (χ4n) is 2.35. The number of esters is 1. The minimum atomic E-state index is -0.520. The first kappa shape index (κ1) is 17.3. The van der Waals surface area contributed by atoms with Crippen molar-refractivity contribution in [2.75, 3.05) is 0 Å². The number of nitrogens with zero attached hydrogens (tertiary/aromatic N) is 1. The lowest BCUT2D eigenvalue weighted by atomic mass is 10.2. The van der Waals surface area contributed by atoms with Gasteiger partial charge in [-0.3, -0.25) is 9.59 Å². The Bertz CT molecular complexity index is 987. The van der Waals surface area contributed by atoms with Crippen LogP contribution in [0.2, 0.25) is 0 Å². The molecule has 1 N–H and O–H groups in total. The van der Waals surface area contributed by atoms with Crippen molar-refractivity contribution < 1.29 is 13.9 Å². The highest BCUT2D eigenvalue weighted by Gasteiger charge is 2.11. The molecular formula is C18H14BrFN2O3. The van der Waals surface area contributed by atoms with Crippen LogP contribution in [0.3, 0.4) is 0 Å². The number of fused-ring (bicyclic) bond motifs is 1. The maximum Gasteiger partial charge on any atom is 0.306 e. The van der Waals surface area contributed by atoms with Crippen molar-refractivity contribution in [1.29, 1.82) is 0 Å². The molecule has 0 saturated heterocycles. The number of carbonyl (C=O) groups excluding carboxylic acids is 1. The highest BCUT2D eigenvalue weighted by molar-refractivity contribution is 9.10. The van der Waals surface area contributed by atoms with Crippen molar-refractivity contribution in [2.24, 2.45) is 0 Å². The highest BCUT2D eigenvalue weighted by atomic mass is 79.9. The van der Waals surface area contributed by atoms with Gasteiger partial charge in [-0.25, -0.2) is 9.37 Å². The van der Waals surface area contributed by atoms with Gasteiger partial charge < -0.3 is 9.72 Å². The molecule has 0 fully saturated rings. The van der Waals surface area contributed by atoms with Crippen LogP contribution in [-0.4, -0.2) is 15.9 Å². The maximum absolute atomic E-state index is 13.8. The van der Waals surface area contributed by atoms with Crippen molar-refractivity contribution in [1.82, 2.24) is 9.97 Å². The van der Waals surface area contributed by atoms with E-state index in [0.717, 1.165) is 0 Å². The minimum absolute atomic E-state index is 0.00988. The summed E-state index contributed by atoms with van der Waals surface area (Å²) in [5.41, 5.74) is 1.52. The minimum Gasteiger partial charge on any atom is -0.461 e. The van der Waals surface area contributed by atoms with Crippen molar-refractivity contribution in [3.63, 3.8) is 0 Å². The second-order valence-corrected chi connectivity index (χ2v) is 6.26. The van der Waals surface area contributed by atoms with E-state index in [2.05, 4.69) is 25.9 Å². The lowest BCUT2D eigenvalue weighted by Gasteiger charge is -2.07. The van der Waals surface area contributed by atoms with E-state index in [4.69, 9.17) is 4.74 Å². The lowest BCUT2D eigenvalue weighted by molar-refractivity contribution is -0.145. The number of halogens is 2. The van der Waals surface area contributed by atoms with E-state index in [0.29, 0.717) is 15.5 Å². The summed E-state index contributed by atoms with van der Waals surface area (Å²) in [5.74, 6) is -0.975. The Morgan fingerprint density at radius 1 is 1.20 bits per heavy atom. The molecule has 0 aliphatic carbocycles. The van der Waals surface area contributed by atoms with Crippen molar-refractivity contribution in [2.45, 2.75) is 19.4 Å². The topological polar surface area (TPSA) is 72.0 Å². The molecule has 3 rings (SSSR count). The van der Waals surface area contributed by atoms with E-state index >= 15 is 0 Å². The van der Waals surface area contributed by atoms with Gasteiger partial charge in [-0.05, 0) is 34.1 Å². The van der Waals surface area contributed by atoms with Gasteiger partial charge in [0.25, 0.3) is 5.56 Å². The number of ether oxygens (including phenoxy) is 1. The Morgan fingerprint density at radius 2 is 2.00 bits per heavy atom. The van der Waals surface area contributed by atoms with Crippen LogP contribution in [-0.2, 0) is 22.6 Å². The Morgan fingerprint density at radius 3 is 2.84 bits per heavy atom. The number of aromatic nitrogens is 2. The van der Waals surface area contributed by atoms with Crippen LogP contribution in [0.1, 0.15) is 17.7 Å². The van der Waals surface area contributed by atoms with Crippen molar-refractivity contribution >= 4 is 32.9 Å². The molecule has 0 unspecified atom stereocenters. The quantitative estimate of drug-likeness (QED) is 0.660. The van der Waals surface area contributed by atoms with Crippen LogP contribution in [0.5, 0.6) is 0 Å². The zero-order chi connectivity index (χ0) is 17.8. The van der Waals surface area contributed by atoms with E-state index in [1.54, 1.807) is 36.4 Å². The normalized spacial score (nSPS) is 10.8. The Hall–Kier alpha value is -2.54. The zero-order valence-electron chi connectivity index (χ0n) is 13.1. The number of aryl methyl sites for hydroxylation is 1. The first-order valence-corrected chi connectivity index (χ1v) is 8.40. The van der Waals surface area contributed by atoms with E-state index < -0.39 is 11.8 Å². The van der Waals surface area contributed by atoms with Crippen LogP contribution >= 0.6 is 15.9 Å². The number of H-pyrrole nitrogens is 1. The summed E-state index contributed by atoms with van der Waals surface area (Å²) >= 11 is 3.08. The molecular weight excluding hydrogens is 391 g/mol. The summed E-state index contributed by atoms with van der Waals surface area (Å²) in [6, 6.07) is 11.9. The first-order chi connectivity index (χ1) is 12.0. The Labute approximate surface area is 151 Å². The highest BCUT2D eigenvalue weighted by Crippen LogP contribution is 2.19. The molecule has 3 aromatic rings. The fourth-order valence-corrected chi connectivity index (χ4v) is 2.75. The number of hydrogen-bond donors (Lipinski definition) is 1. The van der Waals surface area contributed by atoms with Crippen LogP contribution in [0.4, 0.5) is 4.39 Å². The average molecular weight is 405 g/mol. The van der Waals surface area contributed by atoms with Gasteiger partial charge >= 0.3 is 5.97 Å². The molecule has 2 aromatic carbocycles. The molecule has 0 atom stereocenters. The molecule has 0 bridgehead atoms. The molecule has 0 amide bonds. The Kier molecular flexibility index (Phi) is 5.23. The zero-order valence-corrected chi connectivity index (χ0v) is 14.7. The molecule has 5 nitrogen and oxygen atoms in total. The van der Waals surface area contributed by atoms with Gasteiger partial charge in [0, 0.05) is 12.0 Å². The number of rotatable bonds is 5. The average Bonchev–Trinajstić information content (AvgIpc) is 2.61. The van der Waals surface area contributed by atoms with E-state index in [9.17, 15) is 14.0 Å². The van der Waals surface area contributed by atoms with Gasteiger partial charge in [0.1, 0.15) is 18.1 Å². The monoisotopic (exact) mass is 404 g/mol. The number of benzene rings is 2. The summed E-state index contributed by atoms with van der Waals surface area (Å²) in [7, 11) is 0. The lowest BCUT2D eigenvalue weighted by Crippen LogP contribution is -2.17. The van der Waals surface area contributed by atoms with Crippen molar-refractivity contribution in [3.05, 3.63) is 74.4 Å². The first-order valence-electron chi connectivity index (χ1n) is 7.61. The summed E-state index contributed by atoms with van der Waals surface area (Å²) in [4.78, 5) is 30.8. The largest absolute Gasteiger partial charge is 0.461 e. The smallest absolute Gasteiger partial charge is 0.306 e. The van der Waals surface area contributed by atoms with Gasteiger partial charge in [-0.15, -0.1) is 0 Å². The second kappa shape index (κ2) is 7.57. The van der Waals surface area contributed by atoms with Crippen LogP contribution < -0.4 is 5.56 Å². The summed E-state index contributed by atoms with van der Waals surface area (Å²) in [5, 5.41) is 0. The van der Waals surface area contributed by atoms with E-state index in [1.807, 2.05) is 6.07 Å². The predicted octanol–water partition coefficient (Wildman–Crippen LogP) is 3.50. The molecule has 0 spiro atoms. The molecule has 1 heterocycles. The molecule has 7 heteroatoms. The van der Waals surface area contributed by atoms with Crippen molar-refractivity contribution in [3.8, 4) is 0 Å². The summed E-state index contributed by atoms with van der Waals surface area (Å²) in [6.07, 6.45) is 0.143. The van der Waals surface area contributed by atoms with E-state index in [1.165, 1.54) is 0 Å². The summed E-state index contributed by atoms with van der Waals surface area (Å²) < 4.78 is 19.2. The molecule has 25 heavy (non-hydrogen) atoms. The van der Waals surface area contributed by atoms with Gasteiger partial charge in [-0.1, -0.05) is 24.3 Å². The fraction of sp³-hybridized carbons (Fsp3) is 0.167. The standard InChI is InChI=1S/C18H14BrFN2O3/c19-12-5-3-4-11(17(12)20)10-25-16(23)9-8-15-18(24)22-14-7-2-1-6-13(14)21-15/h1-7H,8-10H2,(H,22,24). The Balaban J connectivity index is 1.62. The predicted molar refractivity (Wildman–Crippen MR) is 94.6 cm³/mol. The molecule has 0 radical (unpaired) electrons. The second-order valence-electron chi connectivity index (χ2n) is 5.40. The van der Waals surface area contributed by atoms with Gasteiger partial charge in [-0.2, -0.15) is 0 Å².